The number of carbonyl (C=O) groups excluding carboxylic acids is 1. The van der Waals surface area contributed by atoms with Crippen molar-refractivity contribution in [3.63, 3.8) is 0 Å². The number of carbonyl (C=O) groups is 1. The molecule has 1 amide bonds. The summed E-state index contributed by atoms with van der Waals surface area (Å²) in [6.07, 6.45) is 0. The molecule has 0 rings (SSSR count). The van der Waals surface area contributed by atoms with Crippen molar-refractivity contribution < 1.29 is 4.79 Å². The molecular formula is C6H12INO. The molecule has 0 aliphatic carbocycles. The largest absolute Gasteiger partial charge is 0.343 e. The maximum absolute atomic E-state index is 10.9. The molecule has 54 valence electrons. The first-order valence-electron chi connectivity index (χ1n) is 2.91. The van der Waals surface area contributed by atoms with Crippen molar-refractivity contribution in [3.05, 3.63) is 0 Å². The number of rotatable bonds is 2. The van der Waals surface area contributed by atoms with E-state index in [-0.39, 0.29) is 5.91 Å². The summed E-state index contributed by atoms with van der Waals surface area (Å²) in [4.78, 5) is 12.6. The predicted molar refractivity (Wildman–Crippen MR) is 46.8 cm³/mol. The van der Waals surface area contributed by atoms with Crippen LogP contribution in [-0.2, 0) is 4.79 Å². The molecule has 0 radical (unpaired) electrons. The van der Waals surface area contributed by atoms with Gasteiger partial charge < -0.3 is 4.90 Å². The fraction of sp³-hybridized carbons (Fsp3) is 0.833. The van der Waals surface area contributed by atoms with Gasteiger partial charge in [0.1, 0.15) is 0 Å². The second-order valence-electron chi connectivity index (χ2n) is 2.23. The second-order valence-corrected chi connectivity index (χ2v) is 2.99. The zero-order chi connectivity index (χ0) is 7.44. The van der Waals surface area contributed by atoms with Gasteiger partial charge in [-0.05, 0) is 13.8 Å². The van der Waals surface area contributed by atoms with Crippen molar-refractivity contribution in [3.8, 4) is 0 Å². The third kappa shape index (κ3) is 3.03. The first kappa shape index (κ1) is 9.20. The van der Waals surface area contributed by atoms with Gasteiger partial charge in [0.2, 0.25) is 5.91 Å². The highest BCUT2D eigenvalue weighted by Gasteiger charge is 2.08. The third-order valence-electron chi connectivity index (χ3n) is 1.28. The van der Waals surface area contributed by atoms with Crippen LogP contribution in [0.3, 0.4) is 0 Å². The van der Waals surface area contributed by atoms with Crippen LogP contribution >= 0.6 is 22.6 Å². The van der Waals surface area contributed by atoms with Crippen LogP contribution in [0.1, 0.15) is 13.8 Å². The molecule has 0 N–H and O–H groups in total. The van der Waals surface area contributed by atoms with Gasteiger partial charge in [-0.1, -0.05) is 22.6 Å². The van der Waals surface area contributed by atoms with Gasteiger partial charge in [-0.3, -0.25) is 4.79 Å². The predicted octanol–water partition coefficient (Wildman–Crippen LogP) is 1.29. The summed E-state index contributed by atoms with van der Waals surface area (Å²) in [5.74, 6) is 0.200. The number of alkyl halides is 1. The Morgan fingerprint density at radius 1 is 1.67 bits per heavy atom. The molecule has 0 aliphatic heterocycles. The smallest absolute Gasteiger partial charge is 0.232 e. The fourth-order valence-electron chi connectivity index (χ4n) is 0.382. The van der Waals surface area contributed by atoms with Crippen LogP contribution in [0.5, 0.6) is 0 Å². The Morgan fingerprint density at radius 2 is 2.11 bits per heavy atom. The first-order valence-corrected chi connectivity index (χ1v) is 4.43. The van der Waals surface area contributed by atoms with E-state index < -0.39 is 0 Å². The average molecular weight is 241 g/mol. The minimum atomic E-state index is 0.200. The van der Waals surface area contributed by atoms with E-state index in [1.54, 1.807) is 4.90 Å². The van der Waals surface area contributed by atoms with Crippen LogP contribution in [0, 0.1) is 0 Å². The highest BCUT2D eigenvalue weighted by Crippen LogP contribution is 1.96. The first-order chi connectivity index (χ1) is 4.09. The maximum atomic E-state index is 10.9. The zero-order valence-electron chi connectivity index (χ0n) is 6.02. The minimum absolute atomic E-state index is 0.200. The Bertz CT molecular complexity index is 103. The summed E-state index contributed by atoms with van der Waals surface area (Å²) >= 11 is 2.07. The quantitative estimate of drug-likeness (QED) is 0.527. The van der Waals surface area contributed by atoms with Crippen LogP contribution in [0.2, 0.25) is 0 Å². The Hall–Kier alpha value is 0.200. The van der Waals surface area contributed by atoms with Crippen molar-refractivity contribution in [2.75, 3.05) is 11.5 Å². The van der Waals surface area contributed by atoms with E-state index in [0.29, 0.717) is 10.5 Å². The average Bonchev–Trinajstić information content (AvgIpc) is 1.84. The number of halogens is 1. The van der Waals surface area contributed by atoms with Gasteiger partial charge in [-0.2, -0.15) is 0 Å². The third-order valence-corrected chi connectivity index (χ3v) is 1.93. The van der Waals surface area contributed by atoms with E-state index in [1.165, 1.54) is 0 Å². The van der Waals surface area contributed by atoms with Crippen molar-refractivity contribution in [1.29, 1.82) is 0 Å². The molecule has 0 atom stereocenters. The highest BCUT2D eigenvalue weighted by molar-refractivity contribution is 14.1. The molecule has 0 heterocycles. The molecule has 0 fully saturated rings. The minimum Gasteiger partial charge on any atom is -0.343 e. The van der Waals surface area contributed by atoms with Crippen LogP contribution in [0.4, 0.5) is 0 Å². The van der Waals surface area contributed by atoms with Gasteiger partial charge in [-0.25, -0.2) is 0 Å². The van der Waals surface area contributed by atoms with E-state index in [9.17, 15) is 4.79 Å². The van der Waals surface area contributed by atoms with Gasteiger partial charge in [0.25, 0.3) is 0 Å². The lowest BCUT2D eigenvalue weighted by Crippen LogP contribution is -2.33. The SMILES string of the molecule is CC(C)N(C)C(=O)CI. The van der Waals surface area contributed by atoms with Gasteiger partial charge in [-0.15, -0.1) is 0 Å². The number of hydrogen-bond acceptors (Lipinski definition) is 1. The number of hydrogen-bond donors (Lipinski definition) is 0. The Kier molecular flexibility index (Phi) is 4.18. The molecule has 2 nitrogen and oxygen atoms in total. The molecule has 0 aromatic carbocycles. The Balaban J connectivity index is 3.72. The van der Waals surface area contributed by atoms with Gasteiger partial charge in [0, 0.05) is 13.1 Å². The van der Waals surface area contributed by atoms with Crippen molar-refractivity contribution in [2.24, 2.45) is 0 Å². The molecule has 0 aromatic heterocycles. The molecule has 3 heteroatoms. The molecule has 0 bridgehead atoms. The van der Waals surface area contributed by atoms with Crippen LogP contribution < -0.4 is 0 Å². The van der Waals surface area contributed by atoms with E-state index in [4.69, 9.17) is 0 Å². The van der Waals surface area contributed by atoms with Gasteiger partial charge in [0.05, 0.1) is 4.43 Å². The molecule has 0 spiro atoms. The zero-order valence-corrected chi connectivity index (χ0v) is 8.18. The molecule has 9 heavy (non-hydrogen) atoms. The molecule has 0 aliphatic rings. The van der Waals surface area contributed by atoms with Crippen molar-refractivity contribution >= 4 is 28.5 Å². The summed E-state index contributed by atoms with van der Waals surface area (Å²) in [5.41, 5.74) is 0. The van der Waals surface area contributed by atoms with Crippen LogP contribution in [-0.4, -0.2) is 28.3 Å². The van der Waals surface area contributed by atoms with Crippen molar-refractivity contribution in [1.82, 2.24) is 4.90 Å². The maximum Gasteiger partial charge on any atom is 0.232 e. The number of nitrogens with zero attached hydrogens (tertiary/aromatic N) is 1. The van der Waals surface area contributed by atoms with Crippen LogP contribution in [0.15, 0.2) is 0 Å². The Labute approximate surface area is 69.7 Å². The van der Waals surface area contributed by atoms with Gasteiger partial charge >= 0.3 is 0 Å². The lowest BCUT2D eigenvalue weighted by Gasteiger charge is -2.19. The summed E-state index contributed by atoms with van der Waals surface area (Å²) in [6.45, 7) is 4.01. The Morgan fingerprint density at radius 3 is 2.22 bits per heavy atom. The molecule has 0 aromatic rings. The van der Waals surface area contributed by atoms with Gasteiger partial charge in [0.15, 0.2) is 0 Å². The van der Waals surface area contributed by atoms with E-state index in [1.807, 2.05) is 20.9 Å². The number of amides is 1. The van der Waals surface area contributed by atoms with E-state index in [2.05, 4.69) is 22.6 Å². The molecule has 0 saturated heterocycles. The highest BCUT2D eigenvalue weighted by atomic mass is 127. The molecule has 0 saturated carbocycles. The summed E-state index contributed by atoms with van der Waals surface area (Å²) in [5, 5.41) is 0. The summed E-state index contributed by atoms with van der Waals surface area (Å²) in [6, 6.07) is 0.326. The molecule has 0 unspecified atom stereocenters. The normalized spacial score (nSPS) is 9.89. The van der Waals surface area contributed by atoms with Crippen molar-refractivity contribution in [2.45, 2.75) is 19.9 Å². The topological polar surface area (TPSA) is 20.3 Å². The monoisotopic (exact) mass is 241 g/mol. The summed E-state index contributed by atoms with van der Waals surface area (Å²) < 4.78 is 0.576. The van der Waals surface area contributed by atoms with E-state index in [0.717, 1.165) is 0 Å². The standard InChI is InChI=1S/C6H12INO/c1-5(2)8(3)6(9)4-7/h5H,4H2,1-3H3. The second kappa shape index (κ2) is 4.09. The fourth-order valence-corrected chi connectivity index (χ4v) is 0.920. The lowest BCUT2D eigenvalue weighted by atomic mass is 10.3. The summed E-state index contributed by atoms with van der Waals surface area (Å²) in [7, 11) is 1.83. The lowest BCUT2D eigenvalue weighted by molar-refractivity contribution is -0.128. The van der Waals surface area contributed by atoms with E-state index >= 15 is 0 Å². The molecular weight excluding hydrogens is 229 g/mol. The van der Waals surface area contributed by atoms with Crippen LogP contribution in [0.25, 0.3) is 0 Å².